The number of hydrogen-bond donors (Lipinski definition) is 4. The van der Waals surface area contributed by atoms with Gasteiger partial charge in [-0.05, 0) is 72.9 Å². The summed E-state index contributed by atoms with van der Waals surface area (Å²) < 4.78 is 26.8. The Labute approximate surface area is 235 Å². The Morgan fingerprint density at radius 3 is 2.33 bits per heavy atom. The van der Waals surface area contributed by atoms with Crippen molar-refractivity contribution in [3.63, 3.8) is 0 Å². The summed E-state index contributed by atoms with van der Waals surface area (Å²) >= 11 is 0. The number of nitrogens with two attached hydrogens (primary N) is 1. The van der Waals surface area contributed by atoms with Gasteiger partial charge < -0.3 is 21.3 Å². The Hall–Kier alpha value is -2.56. The number of sulfonamides is 1. The molecule has 1 atom stereocenters. The van der Waals surface area contributed by atoms with E-state index in [-0.39, 0.29) is 40.6 Å². The van der Waals surface area contributed by atoms with Crippen LogP contribution in [0.4, 0.5) is 21.9 Å². The van der Waals surface area contributed by atoms with Gasteiger partial charge in [0, 0.05) is 18.8 Å². The third kappa shape index (κ3) is 6.41. The number of benzene rings is 3. The van der Waals surface area contributed by atoms with Crippen LogP contribution in [0.1, 0.15) is 30.0 Å². The Kier molecular flexibility index (Phi) is 9.43. The van der Waals surface area contributed by atoms with E-state index < -0.39 is 16.1 Å². The fourth-order valence-corrected chi connectivity index (χ4v) is 5.08. The Bertz CT molecular complexity index is 1300. The second kappa shape index (κ2) is 12.1. The molecule has 3 aromatic rings. The van der Waals surface area contributed by atoms with Crippen LogP contribution in [-0.2, 0) is 23.0 Å². The van der Waals surface area contributed by atoms with Gasteiger partial charge in [0.15, 0.2) is 0 Å². The normalized spacial score (nSPS) is 14.4. The topological polar surface area (TPSA) is 117 Å². The van der Waals surface area contributed by atoms with Crippen molar-refractivity contribution in [1.29, 1.82) is 0 Å². The number of hydrogen-bond acceptors (Lipinski definition) is 6. The molecule has 36 heavy (non-hydrogen) atoms. The number of rotatable bonds is 8. The van der Waals surface area contributed by atoms with Crippen LogP contribution in [0.2, 0.25) is 0 Å². The number of urea groups is 1. The molecular weight excluding hydrogens is 485 g/mol. The van der Waals surface area contributed by atoms with Crippen LogP contribution in [-0.4, -0.2) is 56.7 Å². The van der Waals surface area contributed by atoms with Crippen molar-refractivity contribution in [3.8, 4) is 0 Å². The van der Waals surface area contributed by atoms with Gasteiger partial charge in [0.05, 0.1) is 16.3 Å². The van der Waals surface area contributed by atoms with E-state index in [9.17, 15) is 13.2 Å². The van der Waals surface area contributed by atoms with E-state index in [0.717, 1.165) is 34.6 Å². The van der Waals surface area contributed by atoms with Crippen molar-refractivity contribution in [1.82, 2.24) is 10.0 Å². The molecule has 1 aliphatic rings. The Balaban J connectivity index is 0.00000361. The average molecular weight is 518 g/mol. The van der Waals surface area contributed by atoms with Gasteiger partial charge in [-0.3, -0.25) is 0 Å². The van der Waals surface area contributed by atoms with Crippen LogP contribution in [0.15, 0.2) is 71.6 Å². The summed E-state index contributed by atoms with van der Waals surface area (Å²) in [6.07, 6.45) is 1.72. The first-order valence-electron chi connectivity index (χ1n) is 11.7. The summed E-state index contributed by atoms with van der Waals surface area (Å²) in [5.74, 6) is 0. The van der Waals surface area contributed by atoms with E-state index in [0.29, 0.717) is 19.5 Å². The zero-order valence-electron chi connectivity index (χ0n) is 19.9. The van der Waals surface area contributed by atoms with E-state index in [1.807, 2.05) is 16.9 Å². The second-order valence-electron chi connectivity index (χ2n) is 8.58. The zero-order valence-corrected chi connectivity index (χ0v) is 20.7. The molecule has 0 saturated heterocycles. The first kappa shape index (κ1) is 28.0. The van der Waals surface area contributed by atoms with Crippen molar-refractivity contribution < 1.29 is 13.2 Å². The molecule has 1 aliphatic heterocycles. The van der Waals surface area contributed by atoms with Gasteiger partial charge in [0.25, 0.3) is 10.0 Å². The number of carbonyl (C=O) groups excluding carboxylic acids is 1. The minimum atomic E-state index is -3.94. The van der Waals surface area contributed by atoms with Crippen LogP contribution in [0.25, 0.3) is 0 Å². The van der Waals surface area contributed by atoms with Crippen LogP contribution in [0.3, 0.4) is 0 Å². The summed E-state index contributed by atoms with van der Waals surface area (Å²) in [5.41, 5.74) is 12.0. The molecule has 10 heteroatoms. The van der Waals surface area contributed by atoms with Gasteiger partial charge in [-0.15, -0.1) is 0 Å². The van der Waals surface area contributed by atoms with Crippen molar-refractivity contribution in [2.45, 2.75) is 44.3 Å². The fourth-order valence-electron chi connectivity index (χ4n) is 4.16. The van der Waals surface area contributed by atoms with E-state index in [2.05, 4.69) is 59.7 Å². The van der Waals surface area contributed by atoms with E-state index in [1.165, 1.54) is 17.7 Å². The van der Waals surface area contributed by atoms with Crippen LogP contribution < -0.4 is 26.0 Å². The van der Waals surface area contributed by atoms with Gasteiger partial charge in [0.1, 0.15) is 6.17 Å². The van der Waals surface area contributed by atoms with Gasteiger partial charge in [-0.2, -0.15) is 0 Å². The zero-order chi connectivity index (χ0) is 25.0. The molecule has 0 aliphatic carbocycles. The van der Waals surface area contributed by atoms with Crippen molar-refractivity contribution in [2.24, 2.45) is 5.73 Å². The van der Waals surface area contributed by atoms with Gasteiger partial charge in [0.2, 0.25) is 0 Å². The molecule has 3 aromatic carbocycles. The van der Waals surface area contributed by atoms with Crippen molar-refractivity contribution in [2.75, 3.05) is 16.8 Å². The third-order valence-corrected chi connectivity index (χ3v) is 7.39. The summed E-state index contributed by atoms with van der Waals surface area (Å²) in [5, 5.41) is 6.20. The Morgan fingerprint density at radius 1 is 1.03 bits per heavy atom. The maximum atomic E-state index is 12.4. The number of amides is 2. The molecule has 8 nitrogen and oxygen atoms in total. The van der Waals surface area contributed by atoms with E-state index in [1.54, 1.807) is 12.1 Å². The maximum absolute atomic E-state index is 12.4. The average Bonchev–Trinajstić information content (AvgIpc) is 3.22. The minimum absolute atomic E-state index is 0. The Morgan fingerprint density at radius 2 is 1.69 bits per heavy atom. The monoisotopic (exact) mass is 517 g/mol. The number of nitrogens with one attached hydrogen (secondary N) is 3. The van der Waals surface area contributed by atoms with Gasteiger partial charge in [-0.25, -0.2) is 17.9 Å². The summed E-state index contributed by atoms with van der Waals surface area (Å²) in [6, 6.07) is 20.0. The standard InChI is InChI=1S/C26H31N5O3S.Na.H/c1-3-25-29-23-16-18(2)4-13-24(23)31(25)21-9-5-19(6-10-21)14-15-28-26(32)30-35(33,34)22-11-7-20(17-27)8-12-22;;/h4-13,16,25,29H,3,14-15,17,27H2,1-2H3,(H2,28,30,32);;. The van der Waals surface area contributed by atoms with Crippen molar-refractivity contribution >= 4 is 62.7 Å². The number of fused-ring (bicyclic) bond motifs is 1. The first-order chi connectivity index (χ1) is 16.8. The molecule has 1 unspecified atom stereocenters. The van der Waals surface area contributed by atoms with Gasteiger partial charge in [-0.1, -0.05) is 37.3 Å². The third-order valence-electron chi connectivity index (χ3n) is 6.04. The first-order valence-corrected chi connectivity index (χ1v) is 13.1. The summed E-state index contributed by atoms with van der Waals surface area (Å²) in [6.45, 7) is 4.86. The molecule has 186 valence electrons. The number of carbonyl (C=O) groups is 1. The van der Waals surface area contributed by atoms with Crippen LogP contribution >= 0.6 is 0 Å². The predicted octanol–water partition coefficient (Wildman–Crippen LogP) is 3.34. The summed E-state index contributed by atoms with van der Waals surface area (Å²) in [4.78, 5) is 14.5. The summed E-state index contributed by atoms with van der Waals surface area (Å²) in [7, 11) is -3.94. The van der Waals surface area contributed by atoms with Crippen molar-refractivity contribution in [3.05, 3.63) is 83.4 Å². The van der Waals surface area contributed by atoms with Gasteiger partial charge >= 0.3 is 35.6 Å². The molecule has 5 N–H and O–H groups in total. The molecule has 0 bridgehead atoms. The molecule has 0 saturated carbocycles. The molecule has 0 radical (unpaired) electrons. The number of nitrogens with zero attached hydrogens (tertiary/aromatic N) is 1. The molecule has 1 heterocycles. The second-order valence-corrected chi connectivity index (χ2v) is 10.3. The van der Waals surface area contributed by atoms with Crippen LogP contribution in [0, 0.1) is 6.92 Å². The van der Waals surface area contributed by atoms with E-state index in [4.69, 9.17) is 5.73 Å². The fraction of sp³-hybridized carbons (Fsp3) is 0.269. The van der Waals surface area contributed by atoms with E-state index >= 15 is 0 Å². The molecule has 4 rings (SSSR count). The molecule has 2 amide bonds. The molecular formula is C26H32N5NaO3S. The molecule has 0 aromatic heterocycles. The molecule has 0 spiro atoms. The quantitative estimate of drug-likeness (QED) is 0.341. The molecule has 0 fully saturated rings. The predicted molar refractivity (Wildman–Crippen MR) is 146 cm³/mol. The van der Waals surface area contributed by atoms with Crippen LogP contribution in [0.5, 0.6) is 0 Å². The number of aryl methyl sites for hydroxylation is 1. The number of anilines is 3. The SMILES string of the molecule is CCC1Nc2cc(C)ccc2N1c1ccc(CCNC(=O)NS(=O)(=O)c2ccc(CN)cc2)cc1.[NaH].